The molecule has 0 aromatic carbocycles. The average Bonchev–Trinajstić information content (AvgIpc) is 2.62. The van der Waals surface area contributed by atoms with Gasteiger partial charge in [-0.3, -0.25) is 4.79 Å². The highest BCUT2D eigenvalue weighted by molar-refractivity contribution is 5.65. The van der Waals surface area contributed by atoms with Crippen LogP contribution in [0.25, 0.3) is 0 Å². The van der Waals surface area contributed by atoms with Gasteiger partial charge in [-0.05, 0) is 51.4 Å². The van der Waals surface area contributed by atoms with Crippen molar-refractivity contribution in [2.24, 2.45) is 0 Å². The van der Waals surface area contributed by atoms with Gasteiger partial charge in [0.15, 0.2) is 0 Å². The van der Waals surface area contributed by atoms with Crippen LogP contribution in [0.1, 0.15) is 130 Å². The van der Waals surface area contributed by atoms with Gasteiger partial charge >= 0.3 is 5.97 Å². The van der Waals surface area contributed by atoms with Crippen LogP contribution >= 0.6 is 0 Å². The van der Waals surface area contributed by atoms with Crippen molar-refractivity contribution in [1.82, 2.24) is 0 Å². The van der Waals surface area contributed by atoms with E-state index in [0.29, 0.717) is 6.61 Å². The highest BCUT2D eigenvalue weighted by atomic mass is 16.5. The van der Waals surface area contributed by atoms with Crippen LogP contribution in [0, 0.1) is 0 Å². The summed E-state index contributed by atoms with van der Waals surface area (Å²) >= 11 is 0. The van der Waals surface area contributed by atoms with Crippen LogP contribution < -0.4 is 0 Å². The Balaban J connectivity index is 3.96. The summed E-state index contributed by atoms with van der Waals surface area (Å²) in [4.78, 5) is 10.8. The molecule has 0 spiro atoms. The van der Waals surface area contributed by atoms with Crippen molar-refractivity contribution in [3.8, 4) is 0 Å². The minimum Gasteiger partial charge on any atom is -0.466 e. The molecular weight excluding hydrogens is 320 g/mol. The Morgan fingerprint density at radius 1 is 0.692 bits per heavy atom. The maximum atomic E-state index is 10.8. The lowest BCUT2D eigenvalue weighted by Gasteiger charge is -2.09. The van der Waals surface area contributed by atoms with Gasteiger partial charge < -0.3 is 4.74 Å². The smallest absolute Gasteiger partial charge is 0.302 e. The minimum absolute atomic E-state index is 0.156. The topological polar surface area (TPSA) is 26.3 Å². The third-order valence-corrected chi connectivity index (χ3v) is 5.04. The summed E-state index contributed by atoms with van der Waals surface area (Å²) in [6.07, 6.45) is 24.9. The normalized spacial score (nSPS) is 11.7. The molecule has 26 heavy (non-hydrogen) atoms. The zero-order valence-corrected chi connectivity index (χ0v) is 18.1. The first-order valence-corrected chi connectivity index (χ1v) is 11.5. The van der Waals surface area contributed by atoms with Crippen molar-refractivity contribution in [2.75, 3.05) is 6.61 Å². The van der Waals surface area contributed by atoms with Crippen LogP contribution in [-0.4, -0.2) is 12.6 Å². The van der Waals surface area contributed by atoms with Crippen LogP contribution in [0.15, 0.2) is 11.6 Å². The van der Waals surface area contributed by atoms with E-state index < -0.39 is 0 Å². The molecule has 0 N–H and O–H groups in total. The molecular formula is C24H46O2. The van der Waals surface area contributed by atoms with E-state index in [1.807, 2.05) is 0 Å². The van der Waals surface area contributed by atoms with Crippen LogP contribution in [0.5, 0.6) is 0 Å². The van der Waals surface area contributed by atoms with E-state index in [4.69, 9.17) is 4.74 Å². The van der Waals surface area contributed by atoms with E-state index in [1.165, 1.54) is 103 Å². The van der Waals surface area contributed by atoms with E-state index in [0.717, 1.165) is 12.8 Å². The fourth-order valence-electron chi connectivity index (χ4n) is 3.36. The number of carbonyl (C=O) groups is 1. The van der Waals surface area contributed by atoms with Crippen molar-refractivity contribution >= 4 is 5.97 Å². The van der Waals surface area contributed by atoms with Crippen LogP contribution in [0.3, 0.4) is 0 Å². The van der Waals surface area contributed by atoms with Gasteiger partial charge in [0, 0.05) is 6.92 Å². The lowest BCUT2D eigenvalue weighted by Crippen LogP contribution is -2.00. The van der Waals surface area contributed by atoms with Gasteiger partial charge in [-0.15, -0.1) is 0 Å². The second-order valence-electron chi connectivity index (χ2n) is 7.73. The summed E-state index contributed by atoms with van der Waals surface area (Å²) in [7, 11) is 0. The molecule has 0 saturated heterocycles. The number of esters is 1. The predicted octanol–water partition coefficient (Wildman–Crippen LogP) is 8.15. The summed E-state index contributed by atoms with van der Waals surface area (Å²) in [6, 6.07) is 0. The number of hydrogen-bond acceptors (Lipinski definition) is 2. The Morgan fingerprint density at radius 2 is 1.19 bits per heavy atom. The lowest BCUT2D eigenvalue weighted by molar-refractivity contribution is -0.141. The molecule has 0 bridgehead atoms. The summed E-state index contributed by atoms with van der Waals surface area (Å²) in [6.45, 7) is 6.63. The molecule has 0 aromatic heterocycles. The van der Waals surface area contributed by atoms with Gasteiger partial charge in [0.25, 0.3) is 0 Å². The molecule has 0 amide bonds. The van der Waals surface area contributed by atoms with Crippen molar-refractivity contribution in [1.29, 1.82) is 0 Å². The van der Waals surface area contributed by atoms with Gasteiger partial charge in [0.2, 0.25) is 0 Å². The molecule has 0 fully saturated rings. The van der Waals surface area contributed by atoms with E-state index in [1.54, 1.807) is 5.57 Å². The van der Waals surface area contributed by atoms with Crippen molar-refractivity contribution in [2.45, 2.75) is 130 Å². The van der Waals surface area contributed by atoms with E-state index in [-0.39, 0.29) is 5.97 Å². The third-order valence-electron chi connectivity index (χ3n) is 5.04. The first kappa shape index (κ1) is 25.2. The molecule has 0 aliphatic rings. The van der Waals surface area contributed by atoms with E-state index in [9.17, 15) is 4.79 Å². The second-order valence-corrected chi connectivity index (χ2v) is 7.73. The van der Waals surface area contributed by atoms with Crippen molar-refractivity contribution in [3.05, 3.63) is 11.6 Å². The average molecular weight is 367 g/mol. The molecule has 0 radical (unpaired) electrons. The Morgan fingerprint density at radius 3 is 1.77 bits per heavy atom. The molecule has 0 unspecified atom stereocenters. The summed E-state index contributed by atoms with van der Waals surface area (Å²) in [5.41, 5.74) is 1.68. The lowest BCUT2D eigenvalue weighted by atomic mass is 9.98. The molecule has 0 aromatic rings. The van der Waals surface area contributed by atoms with Gasteiger partial charge in [-0.1, -0.05) is 83.3 Å². The maximum absolute atomic E-state index is 10.8. The van der Waals surface area contributed by atoms with Gasteiger partial charge in [0.05, 0.1) is 6.61 Å². The standard InChI is InChI=1S/C24H46O2/c1-4-6-8-10-12-15-19-24(20-16-13-11-9-7-5-2)21-17-14-18-22-26-23(3)25/h19H,4-18,20-22H2,1-3H3/b24-19+. The zero-order chi connectivity index (χ0) is 19.3. The van der Waals surface area contributed by atoms with Crippen molar-refractivity contribution < 1.29 is 9.53 Å². The van der Waals surface area contributed by atoms with Gasteiger partial charge in [-0.2, -0.15) is 0 Å². The van der Waals surface area contributed by atoms with Gasteiger partial charge in [0.1, 0.15) is 0 Å². The number of allylic oxidation sites excluding steroid dienone is 2. The summed E-state index contributed by atoms with van der Waals surface area (Å²) in [5, 5.41) is 0. The fourth-order valence-corrected chi connectivity index (χ4v) is 3.36. The maximum Gasteiger partial charge on any atom is 0.302 e. The molecule has 0 heterocycles. The largest absolute Gasteiger partial charge is 0.466 e. The second kappa shape index (κ2) is 20.5. The quantitative estimate of drug-likeness (QED) is 0.131. The molecule has 2 nitrogen and oxygen atoms in total. The first-order chi connectivity index (χ1) is 12.7. The number of rotatable bonds is 19. The van der Waals surface area contributed by atoms with Crippen LogP contribution in [0.4, 0.5) is 0 Å². The van der Waals surface area contributed by atoms with Gasteiger partial charge in [-0.25, -0.2) is 0 Å². The fraction of sp³-hybridized carbons (Fsp3) is 0.875. The molecule has 0 saturated carbocycles. The van der Waals surface area contributed by atoms with E-state index in [2.05, 4.69) is 19.9 Å². The Hall–Kier alpha value is -0.790. The molecule has 0 rings (SSSR count). The number of ether oxygens (including phenoxy) is 1. The SMILES string of the molecule is CCCCCCC/C=C(\CCCCCCCC)CCCCCOC(C)=O. The van der Waals surface area contributed by atoms with Crippen LogP contribution in [0.2, 0.25) is 0 Å². The first-order valence-electron chi connectivity index (χ1n) is 11.5. The number of carbonyl (C=O) groups excluding carboxylic acids is 1. The molecule has 0 aliphatic carbocycles. The van der Waals surface area contributed by atoms with Crippen molar-refractivity contribution in [3.63, 3.8) is 0 Å². The Kier molecular flexibility index (Phi) is 19.9. The minimum atomic E-state index is -0.156. The zero-order valence-electron chi connectivity index (χ0n) is 18.1. The Bertz CT molecular complexity index is 333. The molecule has 0 atom stereocenters. The highest BCUT2D eigenvalue weighted by Crippen LogP contribution is 2.19. The van der Waals surface area contributed by atoms with E-state index >= 15 is 0 Å². The number of unbranched alkanes of at least 4 members (excludes halogenated alkanes) is 12. The monoisotopic (exact) mass is 366 g/mol. The molecule has 2 heteroatoms. The number of hydrogen-bond donors (Lipinski definition) is 0. The third kappa shape index (κ3) is 19.5. The molecule has 0 aliphatic heterocycles. The summed E-state index contributed by atoms with van der Waals surface area (Å²) in [5.74, 6) is -0.156. The predicted molar refractivity (Wildman–Crippen MR) is 115 cm³/mol. The Labute approximate surface area is 164 Å². The summed E-state index contributed by atoms with van der Waals surface area (Å²) < 4.78 is 5.02. The van der Waals surface area contributed by atoms with Crippen LogP contribution in [-0.2, 0) is 9.53 Å². The molecule has 154 valence electrons. The highest BCUT2D eigenvalue weighted by Gasteiger charge is 2.00.